The molecule has 1 unspecified atom stereocenters. The number of allylic oxidation sites excluding steroid dienone is 2. The molecule has 0 fully saturated rings. The Morgan fingerprint density at radius 1 is 1.21 bits per heavy atom. The van der Waals surface area contributed by atoms with Gasteiger partial charge in [-0.15, -0.1) is 0 Å². The molecule has 0 saturated carbocycles. The van der Waals surface area contributed by atoms with Gasteiger partial charge in [-0.3, -0.25) is 10.2 Å². The number of rotatable bonds is 3. The van der Waals surface area contributed by atoms with Crippen molar-refractivity contribution in [2.75, 3.05) is 7.11 Å². The molecule has 1 atom stereocenters. The van der Waals surface area contributed by atoms with Crippen LogP contribution in [0.25, 0.3) is 0 Å². The predicted octanol–water partition coefficient (Wildman–Crippen LogP) is 2.78. The molecule has 1 N–H and O–H groups in total. The molecule has 1 aromatic rings. The fourth-order valence-corrected chi connectivity index (χ4v) is 2.55. The van der Waals surface area contributed by atoms with Gasteiger partial charge in [-0.05, 0) is 31.5 Å². The van der Waals surface area contributed by atoms with Crippen molar-refractivity contribution in [3.8, 4) is 0 Å². The molecule has 1 aliphatic rings. The predicted molar refractivity (Wildman–Crippen MR) is 80.2 cm³/mol. The van der Waals surface area contributed by atoms with Crippen molar-refractivity contribution in [3.63, 3.8) is 0 Å². The van der Waals surface area contributed by atoms with Gasteiger partial charge in [0.1, 0.15) is 0 Å². The summed E-state index contributed by atoms with van der Waals surface area (Å²) in [4.78, 5) is 23.9. The molecule has 0 amide bonds. The molecule has 0 saturated heterocycles. The fourth-order valence-electron chi connectivity index (χ4n) is 2.55. The maximum absolute atomic E-state index is 12.7. The van der Waals surface area contributed by atoms with E-state index in [0.29, 0.717) is 11.3 Å². The highest BCUT2D eigenvalue weighted by molar-refractivity contribution is 6.40. The Bertz CT molecular complexity index is 734. The van der Waals surface area contributed by atoms with Crippen LogP contribution in [0.2, 0.25) is 0 Å². The van der Waals surface area contributed by atoms with Crippen LogP contribution in [0.3, 0.4) is 0 Å². The van der Waals surface area contributed by atoms with Crippen LogP contribution in [0.15, 0.2) is 40.6 Å². The van der Waals surface area contributed by atoms with Gasteiger partial charge in [0.2, 0.25) is 0 Å². The second-order valence-corrected chi connectivity index (χ2v) is 5.25. The number of hydrogen-bond acceptors (Lipinski definition) is 5. The van der Waals surface area contributed by atoms with Crippen molar-refractivity contribution in [1.82, 2.24) is 5.43 Å². The third kappa shape index (κ3) is 3.32. The van der Waals surface area contributed by atoms with E-state index >= 15 is 0 Å². The van der Waals surface area contributed by atoms with Crippen LogP contribution in [0.5, 0.6) is 0 Å². The van der Waals surface area contributed by atoms with Crippen molar-refractivity contribution in [3.05, 3.63) is 46.7 Å². The van der Waals surface area contributed by atoms with Crippen LogP contribution in [0.4, 0.5) is 13.2 Å². The first-order valence-corrected chi connectivity index (χ1v) is 6.97. The number of halogens is 3. The van der Waals surface area contributed by atoms with Crippen LogP contribution < -0.4 is 5.43 Å². The summed E-state index contributed by atoms with van der Waals surface area (Å²) in [5, 5.41) is 3.90. The number of Topliss-reactive ketones (excluding diaryl/α,β-unsaturated/α-hetero) is 1. The van der Waals surface area contributed by atoms with E-state index in [2.05, 4.69) is 15.3 Å². The molecule has 2 rings (SSSR count). The van der Waals surface area contributed by atoms with Gasteiger partial charge in [-0.25, -0.2) is 4.79 Å². The zero-order chi connectivity index (χ0) is 18.1. The Balaban J connectivity index is 2.55. The highest BCUT2D eigenvalue weighted by Crippen LogP contribution is 2.34. The summed E-state index contributed by atoms with van der Waals surface area (Å²) in [6.07, 6.45) is -4.47. The second-order valence-electron chi connectivity index (χ2n) is 5.25. The van der Waals surface area contributed by atoms with Crippen molar-refractivity contribution in [1.29, 1.82) is 0 Å². The average molecular weight is 340 g/mol. The van der Waals surface area contributed by atoms with Gasteiger partial charge in [0.25, 0.3) is 0 Å². The zero-order valence-corrected chi connectivity index (χ0v) is 13.2. The van der Waals surface area contributed by atoms with Crippen molar-refractivity contribution in [2.24, 2.45) is 5.10 Å². The molecular formula is C16H15F3N2O3. The van der Waals surface area contributed by atoms with E-state index in [9.17, 15) is 22.8 Å². The Morgan fingerprint density at radius 2 is 1.79 bits per heavy atom. The molecule has 0 bridgehead atoms. The van der Waals surface area contributed by atoms with Gasteiger partial charge >= 0.3 is 12.1 Å². The Morgan fingerprint density at radius 3 is 2.25 bits per heavy atom. The minimum atomic E-state index is -4.47. The minimum absolute atomic E-state index is 0.0898. The smallest absolute Gasteiger partial charge is 0.416 e. The van der Waals surface area contributed by atoms with E-state index in [1.54, 1.807) is 6.92 Å². The largest absolute Gasteiger partial charge is 0.464 e. The van der Waals surface area contributed by atoms with E-state index in [4.69, 9.17) is 0 Å². The standard InChI is InChI=1S/C16H15F3N2O3/c1-8-12(9(2)22)13(14(21-20-8)15(23)24-3)10-4-6-11(7-5-10)16(17,18)19/h4-7,13,20H,1-3H3. The van der Waals surface area contributed by atoms with Crippen LogP contribution >= 0.6 is 0 Å². The normalized spacial score (nSPS) is 17.9. The molecular weight excluding hydrogens is 325 g/mol. The van der Waals surface area contributed by atoms with Gasteiger partial charge in [-0.2, -0.15) is 18.3 Å². The molecule has 0 aliphatic carbocycles. The lowest BCUT2D eigenvalue weighted by Gasteiger charge is -2.26. The highest BCUT2D eigenvalue weighted by atomic mass is 19.4. The van der Waals surface area contributed by atoms with Crippen LogP contribution in [0.1, 0.15) is 30.9 Å². The van der Waals surface area contributed by atoms with E-state index in [-0.39, 0.29) is 17.1 Å². The van der Waals surface area contributed by atoms with E-state index in [0.717, 1.165) is 19.2 Å². The van der Waals surface area contributed by atoms with Gasteiger partial charge in [0.05, 0.1) is 18.6 Å². The Labute approximate surface area is 136 Å². The Kier molecular flexibility index (Phi) is 4.77. The number of ketones is 1. The van der Waals surface area contributed by atoms with Gasteiger partial charge in [0, 0.05) is 11.3 Å². The molecule has 128 valence electrons. The number of hydrazone groups is 1. The van der Waals surface area contributed by atoms with Crippen molar-refractivity contribution >= 4 is 17.5 Å². The molecule has 0 aromatic heterocycles. The zero-order valence-electron chi connectivity index (χ0n) is 13.2. The summed E-state index contributed by atoms with van der Waals surface area (Å²) in [6.45, 7) is 2.92. The van der Waals surface area contributed by atoms with E-state index in [1.165, 1.54) is 19.1 Å². The number of nitrogens with one attached hydrogen (secondary N) is 1. The molecule has 8 heteroatoms. The third-order valence-corrected chi connectivity index (χ3v) is 3.66. The van der Waals surface area contributed by atoms with Crippen LogP contribution in [-0.4, -0.2) is 24.6 Å². The van der Waals surface area contributed by atoms with Gasteiger partial charge in [0.15, 0.2) is 11.5 Å². The quantitative estimate of drug-likeness (QED) is 0.859. The van der Waals surface area contributed by atoms with Crippen molar-refractivity contribution in [2.45, 2.75) is 25.9 Å². The third-order valence-electron chi connectivity index (χ3n) is 3.66. The van der Waals surface area contributed by atoms with E-state index < -0.39 is 23.6 Å². The lowest BCUT2D eigenvalue weighted by Crippen LogP contribution is -2.34. The first-order valence-electron chi connectivity index (χ1n) is 6.97. The summed E-state index contributed by atoms with van der Waals surface area (Å²) in [5.74, 6) is -1.97. The van der Waals surface area contributed by atoms with E-state index in [1.807, 2.05) is 0 Å². The topological polar surface area (TPSA) is 67.8 Å². The monoisotopic (exact) mass is 340 g/mol. The minimum Gasteiger partial charge on any atom is -0.464 e. The molecule has 0 radical (unpaired) electrons. The SMILES string of the molecule is COC(=O)C1=NNC(C)=C(C(C)=O)C1c1ccc(C(F)(F)F)cc1. The molecule has 1 heterocycles. The summed E-state index contributed by atoms with van der Waals surface area (Å²) in [5.41, 5.74) is 2.70. The summed E-state index contributed by atoms with van der Waals surface area (Å²) < 4.78 is 42.8. The highest BCUT2D eigenvalue weighted by Gasteiger charge is 2.36. The number of benzene rings is 1. The summed E-state index contributed by atoms with van der Waals surface area (Å²) in [7, 11) is 1.16. The van der Waals surface area contributed by atoms with Gasteiger partial charge < -0.3 is 4.74 Å². The first-order chi connectivity index (χ1) is 11.2. The lowest BCUT2D eigenvalue weighted by molar-refractivity contribution is -0.137. The molecule has 1 aliphatic heterocycles. The maximum atomic E-state index is 12.7. The number of ether oxygens (including phenoxy) is 1. The second kappa shape index (κ2) is 6.46. The number of carbonyl (C=O) groups excluding carboxylic acids is 2. The molecule has 24 heavy (non-hydrogen) atoms. The summed E-state index contributed by atoms with van der Waals surface area (Å²) >= 11 is 0. The van der Waals surface area contributed by atoms with Gasteiger partial charge in [-0.1, -0.05) is 12.1 Å². The number of hydrogen-bond donors (Lipinski definition) is 1. The number of nitrogens with zero attached hydrogens (tertiary/aromatic N) is 1. The number of esters is 1. The number of carbonyl (C=O) groups is 2. The molecule has 1 aromatic carbocycles. The van der Waals surface area contributed by atoms with Crippen LogP contribution in [-0.2, 0) is 20.5 Å². The number of alkyl halides is 3. The van der Waals surface area contributed by atoms with Crippen LogP contribution in [0, 0.1) is 0 Å². The maximum Gasteiger partial charge on any atom is 0.416 e. The molecule has 0 spiro atoms. The van der Waals surface area contributed by atoms with Crippen molar-refractivity contribution < 1.29 is 27.5 Å². The average Bonchev–Trinajstić information content (AvgIpc) is 2.52. The lowest BCUT2D eigenvalue weighted by atomic mass is 9.83. The first kappa shape index (κ1) is 17.7. The Hall–Kier alpha value is -2.64. The number of methoxy groups -OCH3 is 1. The fraction of sp³-hybridized carbons (Fsp3) is 0.312. The molecule has 5 nitrogen and oxygen atoms in total. The summed E-state index contributed by atoms with van der Waals surface area (Å²) in [6, 6.07) is 4.26.